The summed E-state index contributed by atoms with van der Waals surface area (Å²) in [4.78, 5) is 28.4. The summed E-state index contributed by atoms with van der Waals surface area (Å²) in [5, 5.41) is 10.2. The van der Waals surface area contributed by atoms with E-state index in [2.05, 4.69) is 20.9 Å². The lowest BCUT2D eigenvalue weighted by molar-refractivity contribution is 0.0933. The molecule has 8 nitrogen and oxygen atoms in total. The van der Waals surface area contributed by atoms with Gasteiger partial charge in [0.1, 0.15) is 18.5 Å². The predicted octanol–water partition coefficient (Wildman–Crippen LogP) is 0.636. The van der Waals surface area contributed by atoms with E-state index in [1.54, 1.807) is 19.2 Å². The molecule has 0 fully saturated rings. The monoisotopic (exact) mass is 408 g/mol. The largest absolute Gasteiger partial charge is 0.491 e. The SMILES string of the molecule is Cn1c(=O)c2c(ncn2CC(O)COc2cccc(Br)c2)n(C)c1=O. The molecule has 0 saturated heterocycles. The number of hydrogen-bond donors (Lipinski definition) is 1. The van der Waals surface area contributed by atoms with Crippen LogP contribution in [0, 0.1) is 0 Å². The second kappa shape index (κ2) is 6.85. The van der Waals surface area contributed by atoms with Crippen LogP contribution in [0.4, 0.5) is 0 Å². The Hall–Kier alpha value is -2.39. The number of nitrogens with zero attached hydrogens (tertiary/aromatic N) is 4. The van der Waals surface area contributed by atoms with Gasteiger partial charge in [-0.2, -0.15) is 0 Å². The van der Waals surface area contributed by atoms with Gasteiger partial charge in [-0.15, -0.1) is 0 Å². The molecule has 0 aliphatic heterocycles. The first-order valence-electron chi connectivity index (χ1n) is 7.55. The highest BCUT2D eigenvalue weighted by Gasteiger charge is 2.16. The van der Waals surface area contributed by atoms with Gasteiger partial charge in [0.15, 0.2) is 11.2 Å². The summed E-state index contributed by atoms with van der Waals surface area (Å²) in [6, 6.07) is 7.29. The molecule has 9 heteroatoms. The maximum Gasteiger partial charge on any atom is 0.332 e. The fraction of sp³-hybridized carbons (Fsp3) is 0.312. The number of rotatable bonds is 5. The first-order chi connectivity index (χ1) is 11.9. The van der Waals surface area contributed by atoms with Gasteiger partial charge in [-0.1, -0.05) is 22.0 Å². The lowest BCUT2D eigenvalue weighted by Gasteiger charge is -2.14. The van der Waals surface area contributed by atoms with Crippen LogP contribution in [0.25, 0.3) is 11.2 Å². The Morgan fingerprint density at radius 3 is 2.76 bits per heavy atom. The smallest absolute Gasteiger partial charge is 0.332 e. The van der Waals surface area contributed by atoms with E-state index in [-0.39, 0.29) is 24.3 Å². The predicted molar refractivity (Wildman–Crippen MR) is 95.9 cm³/mol. The number of benzene rings is 1. The Labute approximate surface area is 151 Å². The lowest BCUT2D eigenvalue weighted by atomic mass is 10.3. The number of fused-ring (bicyclic) bond motifs is 1. The second-order valence-corrected chi connectivity index (χ2v) is 6.61. The molecule has 1 unspecified atom stereocenters. The molecule has 0 aliphatic rings. The average molecular weight is 409 g/mol. The van der Waals surface area contributed by atoms with Crippen molar-refractivity contribution in [2.75, 3.05) is 6.61 Å². The summed E-state index contributed by atoms with van der Waals surface area (Å²) in [7, 11) is 2.96. The summed E-state index contributed by atoms with van der Waals surface area (Å²) < 4.78 is 10.3. The number of aromatic nitrogens is 4. The van der Waals surface area contributed by atoms with Gasteiger partial charge >= 0.3 is 5.69 Å². The van der Waals surface area contributed by atoms with Gasteiger partial charge in [-0.05, 0) is 18.2 Å². The maximum atomic E-state index is 12.4. The first kappa shape index (κ1) is 17.4. The molecule has 132 valence electrons. The quantitative estimate of drug-likeness (QED) is 0.668. The van der Waals surface area contributed by atoms with Crippen LogP contribution >= 0.6 is 15.9 Å². The molecule has 2 heterocycles. The van der Waals surface area contributed by atoms with Crippen molar-refractivity contribution in [3.63, 3.8) is 0 Å². The van der Waals surface area contributed by atoms with Gasteiger partial charge in [-0.3, -0.25) is 13.9 Å². The lowest BCUT2D eigenvalue weighted by Crippen LogP contribution is -2.38. The van der Waals surface area contributed by atoms with Crippen molar-refractivity contribution in [1.29, 1.82) is 0 Å². The molecular formula is C16H17BrN4O4. The Bertz CT molecular complexity index is 1040. The standard InChI is InChI=1S/C16H17BrN4O4/c1-19-14-13(15(23)20(2)16(19)24)21(9-18-14)7-11(22)8-25-12-5-3-4-10(17)6-12/h3-6,9,11,22H,7-8H2,1-2H3. The third-order valence-electron chi connectivity index (χ3n) is 3.86. The highest BCUT2D eigenvalue weighted by molar-refractivity contribution is 9.10. The van der Waals surface area contributed by atoms with Crippen molar-refractivity contribution in [2.24, 2.45) is 14.1 Å². The van der Waals surface area contributed by atoms with Crippen LogP contribution in [0.2, 0.25) is 0 Å². The van der Waals surface area contributed by atoms with Gasteiger partial charge in [0.05, 0.1) is 12.9 Å². The molecule has 1 atom stereocenters. The second-order valence-electron chi connectivity index (χ2n) is 5.70. The van der Waals surface area contributed by atoms with Crippen molar-refractivity contribution in [3.05, 3.63) is 55.9 Å². The zero-order valence-corrected chi connectivity index (χ0v) is 15.3. The van der Waals surface area contributed by atoms with E-state index >= 15 is 0 Å². The van der Waals surface area contributed by atoms with E-state index < -0.39 is 17.4 Å². The third-order valence-corrected chi connectivity index (χ3v) is 4.36. The topological polar surface area (TPSA) is 91.3 Å². The highest BCUT2D eigenvalue weighted by atomic mass is 79.9. The number of aliphatic hydroxyl groups is 1. The zero-order valence-electron chi connectivity index (χ0n) is 13.7. The van der Waals surface area contributed by atoms with Crippen LogP contribution in [0.5, 0.6) is 5.75 Å². The summed E-state index contributed by atoms with van der Waals surface area (Å²) in [5.41, 5.74) is -0.337. The molecule has 1 aromatic carbocycles. The summed E-state index contributed by atoms with van der Waals surface area (Å²) in [6.45, 7) is 0.181. The molecule has 3 aromatic rings. The first-order valence-corrected chi connectivity index (χ1v) is 8.35. The molecular weight excluding hydrogens is 392 g/mol. The van der Waals surface area contributed by atoms with E-state index in [4.69, 9.17) is 4.74 Å². The molecule has 0 aliphatic carbocycles. The number of hydrogen-bond acceptors (Lipinski definition) is 5. The molecule has 0 saturated carbocycles. The fourth-order valence-electron chi connectivity index (χ4n) is 2.56. The van der Waals surface area contributed by atoms with Gasteiger partial charge in [0.25, 0.3) is 5.56 Å². The van der Waals surface area contributed by atoms with E-state index in [0.29, 0.717) is 5.75 Å². The van der Waals surface area contributed by atoms with E-state index in [1.165, 1.54) is 22.5 Å². The number of imidazole rings is 1. The summed E-state index contributed by atoms with van der Waals surface area (Å²) in [6.07, 6.45) is 0.590. The van der Waals surface area contributed by atoms with Crippen LogP contribution < -0.4 is 16.0 Å². The average Bonchev–Trinajstić information content (AvgIpc) is 3.00. The van der Waals surface area contributed by atoms with Crippen molar-refractivity contribution >= 4 is 27.1 Å². The van der Waals surface area contributed by atoms with Crippen LogP contribution in [0.1, 0.15) is 0 Å². The van der Waals surface area contributed by atoms with Crippen LogP contribution in [0.15, 0.2) is 44.7 Å². The van der Waals surface area contributed by atoms with Crippen molar-refractivity contribution in [2.45, 2.75) is 12.6 Å². The Morgan fingerprint density at radius 2 is 2.04 bits per heavy atom. The Kier molecular flexibility index (Phi) is 4.78. The minimum atomic E-state index is -0.849. The van der Waals surface area contributed by atoms with Crippen molar-refractivity contribution in [3.8, 4) is 5.75 Å². The minimum absolute atomic E-state index is 0.0577. The Balaban J connectivity index is 1.81. The van der Waals surface area contributed by atoms with E-state index in [9.17, 15) is 14.7 Å². The number of aliphatic hydroxyl groups excluding tert-OH is 1. The number of ether oxygens (including phenoxy) is 1. The molecule has 1 N–H and O–H groups in total. The molecule has 0 spiro atoms. The van der Waals surface area contributed by atoms with Crippen LogP contribution in [-0.4, -0.2) is 36.5 Å². The minimum Gasteiger partial charge on any atom is -0.491 e. The zero-order chi connectivity index (χ0) is 18.1. The fourth-order valence-corrected chi connectivity index (χ4v) is 2.94. The number of halogens is 1. The van der Waals surface area contributed by atoms with Gasteiger partial charge < -0.3 is 14.4 Å². The van der Waals surface area contributed by atoms with Crippen molar-refractivity contribution in [1.82, 2.24) is 18.7 Å². The molecule has 25 heavy (non-hydrogen) atoms. The maximum absolute atomic E-state index is 12.4. The summed E-state index contributed by atoms with van der Waals surface area (Å²) >= 11 is 3.35. The van der Waals surface area contributed by atoms with Gasteiger partial charge in [-0.25, -0.2) is 9.78 Å². The molecule has 0 amide bonds. The molecule has 2 aromatic heterocycles. The van der Waals surface area contributed by atoms with Crippen LogP contribution in [-0.2, 0) is 20.6 Å². The van der Waals surface area contributed by atoms with Gasteiger partial charge in [0, 0.05) is 18.6 Å². The van der Waals surface area contributed by atoms with E-state index in [0.717, 1.165) is 9.04 Å². The number of aryl methyl sites for hydroxylation is 1. The summed E-state index contributed by atoms with van der Waals surface area (Å²) in [5.74, 6) is 0.627. The van der Waals surface area contributed by atoms with Crippen molar-refractivity contribution < 1.29 is 9.84 Å². The molecule has 0 bridgehead atoms. The third kappa shape index (κ3) is 3.38. The normalized spacial score (nSPS) is 12.5. The highest BCUT2D eigenvalue weighted by Crippen LogP contribution is 2.18. The Morgan fingerprint density at radius 1 is 1.28 bits per heavy atom. The molecule has 3 rings (SSSR count). The molecule has 0 radical (unpaired) electrons. The van der Waals surface area contributed by atoms with Gasteiger partial charge in [0.2, 0.25) is 0 Å². The van der Waals surface area contributed by atoms with Crippen LogP contribution in [0.3, 0.4) is 0 Å². The van der Waals surface area contributed by atoms with E-state index in [1.807, 2.05) is 12.1 Å².